The number of allylic oxidation sites excluding steroid dienone is 2. The van der Waals surface area contributed by atoms with E-state index in [1.165, 1.54) is 103 Å². The van der Waals surface area contributed by atoms with Crippen LogP contribution in [0.25, 0.3) is 0 Å². The molecule has 25 heteroatoms. The van der Waals surface area contributed by atoms with Crippen molar-refractivity contribution < 1.29 is 67.7 Å². The van der Waals surface area contributed by atoms with E-state index in [4.69, 9.17) is 4.74 Å². The van der Waals surface area contributed by atoms with Crippen molar-refractivity contribution in [3.63, 3.8) is 0 Å². The number of nitrogens with zero attached hydrogens (tertiary/aromatic N) is 7. The predicted molar refractivity (Wildman–Crippen MR) is 350 cm³/mol. The lowest BCUT2D eigenvalue weighted by Gasteiger charge is -2.41. The molecule has 1 aliphatic heterocycles. The maximum atomic E-state index is 15.3. The summed E-state index contributed by atoms with van der Waals surface area (Å²) in [6, 6.07) is -14.8. The van der Waals surface area contributed by atoms with Gasteiger partial charge in [0.05, 0.1) is 24.9 Å². The number of amides is 11. The summed E-state index contributed by atoms with van der Waals surface area (Å²) in [5.74, 6) is -10.7. The van der Waals surface area contributed by atoms with E-state index in [2.05, 4.69) is 27.8 Å². The highest BCUT2D eigenvalue weighted by molar-refractivity contribution is 6.00. The molecule has 13 atom stereocenters. The quantitative estimate of drug-likeness (QED) is 0.0801. The lowest BCUT2D eigenvalue weighted by atomic mass is 9.91. The second kappa shape index (κ2) is 37.3. The Morgan fingerprint density at radius 1 is 0.516 bits per heavy atom. The minimum absolute atomic E-state index is 0.0688. The molecule has 0 unspecified atom stereocenters. The third kappa shape index (κ3) is 23.6. The highest BCUT2D eigenvalue weighted by atomic mass is 16.5. The van der Waals surface area contributed by atoms with E-state index in [-0.39, 0.29) is 62.9 Å². The van der Waals surface area contributed by atoms with Crippen LogP contribution < -0.4 is 21.3 Å². The summed E-state index contributed by atoms with van der Waals surface area (Å²) in [6.07, 6.45) is 3.61. The Hall–Kier alpha value is -6.47. The van der Waals surface area contributed by atoms with Gasteiger partial charge >= 0.3 is 0 Å². The third-order valence-electron chi connectivity index (χ3n) is 16.9. The normalized spacial score (nSPS) is 26.8. The number of hydrogen-bond donors (Lipinski definition) is 6. The Bertz CT molecular complexity index is 2520. The molecule has 0 saturated carbocycles. The fourth-order valence-corrected chi connectivity index (χ4v) is 11.2. The van der Waals surface area contributed by atoms with Crippen molar-refractivity contribution in [2.45, 2.75) is 234 Å². The summed E-state index contributed by atoms with van der Waals surface area (Å²) in [6.45, 7) is 31.8. The van der Waals surface area contributed by atoms with Crippen LogP contribution in [0, 0.1) is 35.5 Å². The van der Waals surface area contributed by atoms with Crippen LogP contribution in [0.5, 0.6) is 0 Å². The SMILES string of the molecule is C=CCOC[C@@H]1C(=O)N(C)[C@@H](CC(C)(C)O)C(=O)N[C@@H](C(C)C)C(=O)N(C)[C@@H](CC(C)C)C(=O)N[C@@H](C)C(=O)N[C@H](C)C(=O)N(C)[C@@H](CC(C)C)C(=O)N(C)[C@@H](CC(C)C)C(=O)N(C)[C@@H](C(C)C)C(=O)N(C)[C@@H]([C@H](O)[C@H](C)C/C=C/C)C(=O)N[C@@H](CC)C(=O)N1C. The smallest absolute Gasteiger partial charge is 0.248 e. The van der Waals surface area contributed by atoms with Crippen LogP contribution in [0.15, 0.2) is 24.8 Å². The lowest BCUT2D eigenvalue weighted by molar-refractivity contribution is -0.157. The number of aliphatic hydroxyl groups excluding tert-OH is 1. The molecule has 25 nitrogen and oxygen atoms in total. The summed E-state index contributed by atoms with van der Waals surface area (Å²) < 4.78 is 5.81. The molecule has 0 aromatic heterocycles. The highest BCUT2D eigenvalue weighted by Gasteiger charge is 2.47. The molecule has 0 radical (unpaired) electrons. The average Bonchev–Trinajstić information content (AvgIpc) is 1.07. The first-order valence-electron chi connectivity index (χ1n) is 32.3. The van der Waals surface area contributed by atoms with Gasteiger partial charge in [-0.1, -0.05) is 101 Å². The molecule has 1 rings (SSSR count). The van der Waals surface area contributed by atoms with Gasteiger partial charge in [-0.3, -0.25) is 52.7 Å². The molecule has 91 heavy (non-hydrogen) atoms. The fourth-order valence-electron chi connectivity index (χ4n) is 11.2. The van der Waals surface area contributed by atoms with Gasteiger partial charge in [-0.25, -0.2) is 0 Å². The number of hydrogen-bond acceptors (Lipinski definition) is 14. The molecule has 11 amide bonds. The van der Waals surface area contributed by atoms with Gasteiger partial charge in [0.2, 0.25) is 65.0 Å². The van der Waals surface area contributed by atoms with Gasteiger partial charge in [0, 0.05) is 55.8 Å². The highest BCUT2D eigenvalue weighted by Crippen LogP contribution is 2.26. The van der Waals surface area contributed by atoms with E-state index >= 15 is 24.0 Å². The molecule has 1 aliphatic rings. The van der Waals surface area contributed by atoms with Gasteiger partial charge in [-0.05, 0) is 102 Å². The number of rotatable bonds is 19. The molecule has 0 bridgehead atoms. The molecule has 0 aromatic rings. The molecule has 1 heterocycles. The lowest BCUT2D eigenvalue weighted by Crippen LogP contribution is -2.64. The van der Waals surface area contributed by atoms with Crippen LogP contribution in [-0.2, 0) is 57.5 Å². The van der Waals surface area contributed by atoms with E-state index < -0.39 is 168 Å². The summed E-state index contributed by atoms with van der Waals surface area (Å²) in [5.41, 5.74) is -1.61. The van der Waals surface area contributed by atoms with Crippen LogP contribution in [0.3, 0.4) is 0 Å². The Balaban J connectivity index is 4.54. The summed E-state index contributed by atoms with van der Waals surface area (Å²) >= 11 is 0. The van der Waals surface area contributed by atoms with Gasteiger partial charge in [0.1, 0.15) is 66.5 Å². The van der Waals surface area contributed by atoms with Gasteiger partial charge in [0.25, 0.3) is 0 Å². The number of likely N-dealkylation sites (N-methyl/N-ethyl adjacent to an activating group) is 7. The molecule has 1 fully saturated rings. The minimum atomic E-state index is -1.68. The Morgan fingerprint density at radius 3 is 1.41 bits per heavy atom. The van der Waals surface area contributed by atoms with Crippen LogP contribution in [0.4, 0.5) is 0 Å². The predicted octanol–water partition coefficient (Wildman–Crippen LogP) is 2.96. The third-order valence-corrected chi connectivity index (χ3v) is 16.9. The summed E-state index contributed by atoms with van der Waals surface area (Å²) in [7, 11) is 9.62. The zero-order valence-corrected chi connectivity index (χ0v) is 59.4. The van der Waals surface area contributed by atoms with E-state index in [1.807, 2.05) is 41.5 Å². The molecule has 0 aliphatic carbocycles. The zero-order valence-electron chi connectivity index (χ0n) is 59.4. The van der Waals surface area contributed by atoms with E-state index in [1.54, 1.807) is 60.6 Å². The van der Waals surface area contributed by atoms with Crippen LogP contribution in [0.1, 0.15) is 156 Å². The molecular formula is C66H117N11O14. The second-order valence-corrected chi connectivity index (χ2v) is 27.5. The van der Waals surface area contributed by atoms with Crippen molar-refractivity contribution in [1.82, 2.24) is 55.6 Å². The first-order valence-corrected chi connectivity index (χ1v) is 32.3. The Kier molecular flexibility index (Phi) is 33.8. The Morgan fingerprint density at radius 2 is 0.945 bits per heavy atom. The van der Waals surface area contributed by atoms with E-state index in [0.717, 1.165) is 14.7 Å². The maximum absolute atomic E-state index is 15.3. The van der Waals surface area contributed by atoms with E-state index in [0.29, 0.717) is 0 Å². The maximum Gasteiger partial charge on any atom is 0.248 e. The zero-order chi connectivity index (χ0) is 70.6. The van der Waals surface area contributed by atoms with Crippen LogP contribution in [-0.4, -0.2) is 250 Å². The van der Waals surface area contributed by atoms with E-state index in [9.17, 15) is 39.0 Å². The van der Waals surface area contributed by atoms with Crippen molar-refractivity contribution in [3.8, 4) is 0 Å². The van der Waals surface area contributed by atoms with Crippen molar-refractivity contribution in [1.29, 1.82) is 0 Å². The minimum Gasteiger partial charge on any atom is -0.390 e. The molecule has 0 spiro atoms. The molecule has 520 valence electrons. The second-order valence-electron chi connectivity index (χ2n) is 27.5. The number of carbonyl (C=O) groups excluding carboxylic acids is 11. The molecular weight excluding hydrogens is 1170 g/mol. The van der Waals surface area contributed by atoms with Gasteiger partial charge in [0.15, 0.2) is 0 Å². The first-order chi connectivity index (χ1) is 42.0. The van der Waals surface area contributed by atoms with Crippen molar-refractivity contribution in [3.05, 3.63) is 24.8 Å². The molecule has 1 saturated heterocycles. The summed E-state index contributed by atoms with van der Waals surface area (Å²) in [5, 5.41) is 34.4. The average molecular weight is 1290 g/mol. The number of aliphatic hydroxyl groups is 2. The Labute approximate surface area is 543 Å². The largest absolute Gasteiger partial charge is 0.390 e. The van der Waals surface area contributed by atoms with Gasteiger partial charge < -0.3 is 70.5 Å². The monoisotopic (exact) mass is 1290 g/mol. The molecule has 0 aromatic carbocycles. The molecule has 6 N–H and O–H groups in total. The standard InChI is InChI=1S/C66H117N11O14/c1-26-29-30-42(14)54(78)53-58(82)69-45(28-3)60(84)75(23)50(36-91-31-27-2)63(87)74(22)49(35-66(17,18)90)57(81)70-51(40(10)11)64(88)71(19)46(32-37(4)5)56(80)67-43(15)55(79)68-44(16)59(83)72(20)47(33-38(6)7)61(85)73(21)48(34-39(8)9)62(86)76(24)52(41(12)13)65(89)77(53)25/h26-27,29,37-54,78,90H,2,28,30-36H2,1,3-25H3,(H,67,80)(H,68,79)(H,69,82)(H,70,81)/b29-26+/t42-,43+,44-,45+,46+,47+,48+,49+,50-,51+,52+,53+,54-/m1/s1. The summed E-state index contributed by atoms with van der Waals surface area (Å²) in [4.78, 5) is 171. The van der Waals surface area contributed by atoms with Gasteiger partial charge in [-0.15, -0.1) is 6.58 Å². The van der Waals surface area contributed by atoms with Crippen LogP contribution in [0.2, 0.25) is 0 Å². The topological polar surface area (TPSA) is 308 Å². The number of carbonyl (C=O) groups is 11. The fraction of sp³-hybridized carbons (Fsp3) is 0.773. The first kappa shape index (κ1) is 82.5. The van der Waals surface area contributed by atoms with Crippen molar-refractivity contribution in [2.75, 3.05) is 62.5 Å². The van der Waals surface area contributed by atoms with Gasteiger partial charge in [-0.2, -0.15) is 0 Å². The number of ether oxygens (including phenoxy) is 1. The van der Waals surface area contributed by atoms with Crippen LogP contribution >= 0.6 is 0 Å². The van der Waals surface area contributed by atoms with Crippen molar-refractivity contribution in [2.24, 2.45) is 35.5 Å². The van der Waals surface area contributed by atoms with Crippen molar-refractivity contribution >= 4 is 65.0 Å². The number of nitrogens with one attached hydrogen (secondary N) is 4.